The molecule has 0 aliphatic heterocycles. The Labute approximate surface area is 143 Å². The maximum atomic E-state index is 12.5. The number of aryl methyl sites for hydroxylation is 1. The van der Waals surface area contributed by atoms with E-state index >= 15 is 0 Å². The second-order valence-electron chi connectivity index (χ2n) is 5.61. The Morgan fingerprint density at radius 2 is 1.83 bits per heavy atom. The van der Waals surface area contributed by atoms with Crippen LogP contribution in [-0.2, 0) is 10.0 Å². The third kappa shape index (κ3) is 4.83. The van der Waals surface area contributed by atoms with Gasteiger partial charge in [-0.05, 0) is 49.2 Å². The highest BCUT2D eigenvalue weighted by molar-refractivity contribution is 7.92. The third-order valence-corrected chi connectivity index (χ3v) is 4.87. The summed E-state index contributed by atoms with van der Waals surface area (Å²) in [4.78, 5) is 12.1. The standard InChI is InChI=1S/C18H22N2O3S/c1-3-4-11-19-18(21)15-8-6-10-17(13-15)24(22,23)20-16-9-5-7-14(2)12-16/h5-10,12-13,20H,3-4,11H2,1-2H3,(H,19,21). The average Bonchev–Trinajstić information content (AvgIpc) is 2.55. The predicted molar refractivity (Wildman–Crippen MR) is 95.7 cm³/mol. The lowest BCUT2D eigenvalue weighted by Crippen LogP contribution is -2.24. The van der Waals surface area contributed by atoms with Crippen molar-refractivity contribution in [2.24, 2.45) is 0 Å². The minimum absolute atomic E-state index is 0.0622. The summed E-state index contributed by atoms with van der Waals surface area (Å²) in [6, 6.07) is 13.1. The summed E-state index contributed by atoms with van der Waals surface area (Å²) in [6.07, 6.45) is 1.87. The van der Waals surface area contributed by atoms with Crippen LogP contribution in [-0.4, -0.2) is 20.9 Å². The van der Waals surface area contributed by atoms with E-state index in [0.717, 1.165) is 18.4 Å². The van der Waals surface area contributed by atoms with E-state index in [1.54, 1.807) is 30.3 Å². The van der Waals surface area contributed by atoms with Crippen LogP contribution in [0.5, 0.6) is 0 Å². The molecule has 0 bridgehead atoms. The molecule has 0 unspecified atom stereocenters. The minimum atomic E-state index is -3.74. The number of carbonyl (C=O) groups excluding carboxylic acids is 1. The molecule has 6 heteroatoms. The van der Waals surface area contributed by atoms with Crippen LogP contribution in [0, 0.1) is 6.92 Å². The maximum Gasteiger partial charge on any atom is 0.261 e. The van der Waals surface area contributed by atoms with Crippen LogP contribution in [0.25, 0.3) is 0 Å². The lowest BCUT2D eigenvalue weighted by Gasteiger charge is -2.10. The summed E-state index contributed by atoms with van der Waals surface area (Å²) in [6.45, 7) is 4.50. The zero-order valence-electron chi connectivity index (χ0n) is 13.9. The van der Waals surface area contributed by atoms with Crippen LogP contribution >= 0.6 is 0 Å². The normalized spacial score (nSPS) is 11.1. The van der Waals surface area contributed by atoms with Crippen molar-refractivity contribution in [3.05, 3.63) is 59.7 Å². The van der Waals surface area contributed by atoms with E-state index in [4.69, 9.17) is 0 Å². The van der Waals surface area contributed by atoms with E-state index in [9.17, 15) is 13.2 Å². The molecule has 0 fully saturated rings. The van der Waals surface area contributed by atoms with Crippen molar-refractivity contribution in [3.8, 4) is 0 Å². The molecule has 0 aromatic heterocycles. The second kappa shape index (κ2) is 7.97. The molecule has 0 heterocycles. The van der Waals surface area contributed by atoms with Crippen LogP contribution in [0.15, 0.2) is 53.4 Å². The molecule has 1 amide bonds. The van der Waals surface area contributed by atoms with E-state index in [2.05, 4.69) is 10.0 Å². The summed E-state index contributed by atoms with van der Waals surface area (Å²) in [5.74, 6) is -0.268. The summed E-state index contributed by atoms with van der Waals surface area (Å²) in [7, 11) is -3.74. The van der Waals surface area contributed by atoms with Gasteiger partial charge in [-0.3, -0.25) is 9.52 Å². The first-order chi connectivity index (χ1) is 11.4. The molecule has 0 spiro atoms. The van der Waals surface area contributed by atoms with Crippen molar-refractivity contribution < 1.29 is 13.2 Å². The van der Waals surface area contributed by atoms with Gasteiger partial charge < -0.3 is 5.32 Å². The van der Waals surface area contributed by atoms with E-state index in [0.29, 0.717) is 17.8 Å². The van der Waals surface area contributed by atoms with E-state index in [1.165, 1.54) is 12.1 Å². The van der Waals surface area contributed by atoms with Crippen molar-refractivity contribution in [2.45, 2.75) is 31.6 Å². The quantitative estimate of drug-likeness (QED) is 0.755. The molecule has 0 aliphatic carbocycles. The smallest absolute Gasteiger partial charge is 0.261 e. The number of carbonyl (C=O) groups is 1. The molecule has 5 nitrogen and oxygen atoms in total. The lowest BCUT2D eigenvalue weighted by atomic mass is 10.2. The Bertz CT molecular complexity index is 817. The van der Waals surface area contributed by atoms with Gasteiger partial charge in [0.2, 0.25) is 0 Å². The number of nitrogens with one attached hydrogen (secondary N) is 2. The highest BCUT2D eigenvalue weighted by atomic mass is 32.2. The Morgan fingerprint density at radius 1 is 1.08 bits per heavy atom. The highest BCUT2D eigenvalue weighted by Gasteiger charge is 2.16. The fraction of sp³-hybridized carbons (Fsp3) is 0.278. The topological polar surface area (TPSA) is 75.3 Å². The Kier molecular flexibility index (Phi) is 5.98. The fourth-order valence-electron chi connectivity index (χ4n) is 2.21. The predicted octanol–water partition coefficient (Wildman–Crippen LogP) is 3.33. The van der Waals surface area contributed by atoms with Crippen LogP contribution < -0.4 is 10.0 Å². The lowest BCUT2D eigenvalue weighted by molar-refractivity contribution is 0.0953. The molecular formula is C18H22N2O3S. The van der Waals surface area contributed by atoms with Gasteiger partial charge in [-0.25, -0.2) is 8.42 Å². The zero-order chi connectivity index (χ0) is 17.6. The van der Waals surface area contributed by atoms with E-state index < -0.39 is 10.0 Å². The van der Waals surface area contributed by atoms with Gasteiger partial charge in [0.25, 0.3) is 15.9 Å². The van der Waals surface area contributed by atoms with Crippen molar-refractivity contribution in [2.75, 3.05) is 11.3 Å². The van der Waals surface area contributed by atoms with Gasteiger partial charge >= 0.3 is 0 Å². The Morgan fingerprint density at radius 3 is 2.54 bits per heavy atom. The number of unbranched alkanes of at least 4 members (excludes halogenated alkanes) is 1. The van der Waals surface area contributed by atoms with Crippen LogP contribution in [0.2, 0.25) is 0 Å². The van der Waals surface area contributed by atoms with Gasteiger partial charge in [-0.1, -0.05) is 31.5 Å². The fourth-order valence-corrected chi connectivity index (χ4v) is 3.30. The number of hydrogen-bond donors (Lipinski definition) is 2. The summed E-state index contributed by atoms with van der Waals surface area (Å²) in [5.41, 5.74) is 1.78. The van der Waals surface area contributed by atoms with Crippen molar-refractivity contribution in [1.29, 1.82) is 0 Å². The van der Waals surface area contributed by atoms with Crippen molar-refractivity contribution >= 4 is 21.6 Å². The first kappa shape index (κ1) is 18.0. The second-order valence-corrected chi connectivity index (χ2v) is 7.29. The van der Waals surface area contributed by atoms with E-state index in [-0.39, 0.29) is 10.8 Å². The van der Waals surface area contributed by atoms with Gasteiger partial charge in [0.15, 0.2) is 0 Å². The van der Waals surface area contributed by atoms with Crippen molar-refractivity contribution in [1.82, 2.24) is 5.32 Å². The summed E-state index contributed by atoms with van der Waals surface area (Å²) in [5, 5.41) is 2.78. The molecule has 0 aliphatic rings. The van der Waals surface area contributed by atoms with E-state index in [1.807, 2.05) is 19.9 Å². The molecule has 128 valence electrons. The van der Waals surface area contributed by atoms with Gasteiger partial charge in [0.1, 0.15) is 0 Å². The number of amides is 1. The molecule has 0 atom stereocenters. The first-order valence-electron chi connectivity index (χ1n) is 7.90. The van der Waals surface area contributed by atoms with Crippen LogP contribution in [0.4, 0.5) is 5.69 Å². The van der Waals surface area contributed by atoms with Gasteiger partial charge in [0, 0.05) is 17.8 Å². The molecule has 24 heavy (non-hydrogen) atoms. The van der Waals surface area contributed by atoms with Gasteiger partial charge in [-0.2, -0.15) is 0 Å². The number of sulfonamides is 1. The van der Waals surface area contributed by atoms with Crippen molar-refractivity contribution in [3.63, 3.8) is 0 Å². The first-order valence-corrected chi connectivity index (χ1v) is 9.38. The Hall–Kier alpha value is -2.34. The number of anilines is 1. The molecule has 2 N–H and O–H groups in total. The third-order valence-electron chi connectivity index (χ3n) is 3.49. The zero-order valence-corrected chi connectivity index (χ0v) is 14.7. The molecule has 0 radical (unpaired) electrons. The number of hydrogen-bond acceptors (Lipinski definition) is 3. The molecule has 2 aromatic carbocycles. The summed E-state index contributed by atoms with van der Waals surface area (Å²) >= 11 is 0. The Balaban J connectivity index is 2.18. The summed E-state index contributed by atoms with van der Waals surface area (Å²) < 4.78 is 27.5. The molecule has 2 rings (SSSR count). The largest absolute Gasteiger partial charge is 0.352 e. The SMILES string of the molecule is CCCCNC(=O)c1cccc(S(=O)(=O)Nc2cccc(C)c2)c1. The molecule has 0 saturated carbocycles. The van der Waals surface area contributed by atoms with Gasteiger partial charge in [-0.15, -0.1) is 0 Å². The maximum absolute atomic E-state index is 12.5. The highest BCUT2D eigenvalue weighted by Crippen LogP contribution is 2.18. The monoisotopic (exact) mass is 346 g/mol. The average molecular weight is 346 g/mol. The molecule has 0 saturated heterocycles. The minimum Gasteiger partial charge on any atom is -0.352 e. The molecule has 2 aromatic rings. The molecular weight excluding hydrogens is 324 g/mol. The van der Waals surface area contributed by atoms with Gasteiger partial charge in [0.05, 0.1) is 4.90 Å². The van der Waals surface area contributed by atoms with Crippen LogP contribution in [0.3, 0.4) is 0 Å². The number of benzene rings is 2. The number of rotatable bonds is 7. The van der Waals surface area contributed by atoms with Crippen LogP contribution in [0.1, 0.15) is 35.7 Å².